The molecule has 0 radical (unpaired) electrons. The second-order valence-corrected chi connectivity index (χ2v) is 12.8. The molecule has 3 rings (SSSR count). The lowest BCUT2D eigenvalue weighted by Crippen LogP contribution is -2.51. The molecular formula is C21H27Cl6N5O6. The number of hydrogen-bond acceptors (Lipinski definition) is 8. The topological polar surface area (TPSA) is 109 Å². The third kappa shape index (κ3) is 11.0. The van der Waals surface area contributed by atoms with Crippen molar-refractivity contribution in [1.29, 1.82) is 0 Å². The highest BCUT2D eigenvalue weighted by molar-refractivity contribution is 6.67. The van der Waals surface area contributed by atoms with Gasteiger partial charge in [0.05, 0.1) is 4.92 Å². The van der Waals surface area contributed by atoms with Crippen LogP contribution < -0.4 is 9.80 Å². The van der Waals surface area contributed by atoms with E-state index in [0.717, 1.165) is 45.4 Å². The maximum atomic E-state index is 12.8. The number of nitro groups is 1. The van der Waals surface area contributed by atoms with Crippen LogP contribution in [0.1, 0.15) is 19.3 Å². The van der Waals surface area contributed by atoms with Crippen LogP contribution >= 0.6 is 69.6 Å². The maximum absolute atomic E-state index is 12.8. The Morgan fingerprint density at radius 2 is 1.45 bits per heavy atom. The third-order valence-corrected chi connectivity index (χ3v) is 6.16. The Kier molecular flexibility index (Phi) is 12.4. The first kappa shape index (κ1) is 32.9. The Balaban J connectivity index is 0.000000358. The first-order chi connectivity index (χ1) is 17.6. The Bertz CT molecular complexity index is 960. The molecule has 1 aromatic carbocycles. The molecule has 17 heteroatoms. The molecule has 2 aliphatic rings. The van der Waals surface area contributed by atoms with Crippen molar-refractivity contribution in [1.82, 2.24) is 9.80 Å². The van der Waals surface area contributed by atoms with Crippen LogP contribution in [-0.4, -0.2) is 88.2 Å². The lowest BCUT2D eigenvalue weighted by Gasteiger charge is -2.35. The summed E-state index contributed by atoms with van der Waals surface area (Å²) in [5.41, 5.74) is 1.42. The Morgan fingerprint density at radius 3 is 1.92 bits per heavy atom. The van der Waals surface area contributed by atoms with Gasteiger partial charge in [-0.2, -0.15) is 0 Å². The molecule has 0 spiro atoms. The number of benzene rings is 1. The van der Waals surface area contributed by atoms with Crippen molar-refractivity contribution >= 4 is 98.9 Å². The summed E-state index contributed by atoms with van der Waals surface area (Å²) in [5.74, 6) is 0. The van der Waals surface area contributed by atoms with Gasteiger partial charge >= 0.3 is 20.1 Å². The molecule has 2 heterocycles. The first-order valence-corrected chi connectivity index (χ1v) is 13.6. The van der Waals surface area contributed by atoms with Gasteiger partial charge in [-0.1, -0.05) is 0 Å². The predicted octanol–water partition coefficient (Wildman–Crippen LogP) is 6.18. The second kappa shape index (κ2) is 14.3. The average molecular weight is 658 g/mol. The molecule has 11 nitrogen and oxygen atoms in total. The molecular weight excluding hydrogens is 631 g/mol. The maximum Gasteiger partial charge on any atom is 0.515 e. The lowest BCUT2D eigenvalue weighted by atomic mass is 10.1. The summed E-state index contributed by atoms with van der Waals surface area (Å²) in [4.78, 5) is 42.1. The van der Waals surface area contributed by atoms with Crippen LogP contribution in [0.5, 0.6) is 0 Å². The summed E-state index contributed by atoms with van der Waals surface area (Å²) in [6, 6.07) is 4.92. The number of nitro benzene ring substituents is 1. The number of ether oxygens (including phenoxy) is 2. The number of amides is 2. The number of urea groups is 1. The molecule has 0 aromatic heterocycles. The number of anilines is 2. The molecule has 2 fully saturated rings. The van der Waals surface area contributed by atoms with Crippen LogP contribution in [0.15, 0.2) is 18.2 Å². The van der Waals surface area contributed by atoms with E-state index in [4.69, 9.17) is 69.6 Å². The summed E-state index contributed by atoms with van der Waals surface area (Å²) >= 11 is 30.2. The van der Waals surface area contributed by atoms with Crippen LogP contribution in [0.25, 0.3) is 0 Å². The number of halogens is 6. The van der Waals surface area contributed by atoms with E-state index in [9.17, 15) is 19.7 Å². The van der Waals surface area contributed by atoms with Gasteiger partial charge in [0.1, 0.15) is 5.69 Å². The average Bonchev–Trinajstić information content (AvgIpc) is 2.81. The highest BCUT2D eigenvalue weighted by Gasteiger charge is 2.32. The van der Waals surface area contributed by atoms with Crippen molar-refractivity contribution in [3.8, 4) is 0 Å². The molecule has 38 heavy (non-hydrogen) atoms. The van der Waals surface area contributed by atoms with Gasteiger partial charge in [-0.25, -0.2) is 9.59 Å². The Labute approximate surface area is 250 Å². The number of likely N-dealkylation sites (N-methyl/N-ethyl adjacent to an activating group) is 1. The molecule has 0 N–H and O–H groups in total. The Morgan fingerprint density at radius 1 is 0.921 bits per heavy atom. The zero-order valence-corrected chi connectivity index (χ0v) is 25.1. The van der Waals surface area contributed by atoms with Gasteiger partial charge in [-0.05, 0) is 108 Å². The van der Waals surface area contributed by atoms with Gasteiger partial charge in [-0.15, -0.1) is 0 Å². The van der Waals surface area contributed by atoms with E-state index in [2.05, 4.69) is 19.3 Å². The van der Waals surface area contributed by atoms with Crippen molar-refractivity contribution in [3.63, 3.8) is 0 Å². The molecule has 0 atom stereocenters. The smallest absolute Gasteiger partial charge is 0.382 e. The quantitative estimate of drug-likeness (QED) is 0.164. The largest absolute Gasteiger partial charge is 0.515 e. The highest BCUT2D eigenvalue weighted by atomic mass is 35.6. The molecule has 0 bridgehead atoms. The van der Waals surface area contributed by atoms with E-state index in [1.807, 2.05) is 11.9 Å². The molecule has 0 saturated carbocycles. The number of alkyl halides is 6. The van der Waals surface area contributed by atoms with Crippen molar-refractivity contribution in [2.24, 2.45) is 0 Å². The van der Waals surface area contributed by atoms with Crippen LogP contribution in [0.3, 0.4) is 0 Å². The van der Waals surface area contributed by atoms with E-state index < -0.39 is 14.1 Å². The summed E-state index contributed by atoms with van der Waals surface area (Å²) in [6.07, 6.45) is 1.83. The number of rotatable bonds is 3. The molecule has 0 unspecified atom stereocenters. The summed E-state index contributed by atoms with van der Waals surface area (Å²) in [7, 11) is 3.79. The molecule has 1 aromatic rings. The molecule has 2 saturated heterocycles. The van der Waals surface area contributed by atoms with Gasteiger partial charge in [-0.3, -0.25) is 15.0 Å². The van der Waals surface area contributed by atoms with E-state index in [-0.39, 0.29) is 16.6 Å². The Hall–Kier alpha value is -1.34. The van der Waals surface area contributed by atoms with Gasteiger partial charge in [0.2, 0.25) is 0 Å². The fraction of sp³-hybridized carbons (Fsp3) is 0.619. The third-order valence-electron chi connectivity index (χ3n) is 5.70. The first-order valence-electron chi connectivity index (χ1n) is 11.4. The summed E-state index contributed by atoms with van der Waals surface area (Å²) in [5, 5.41) is 11.4. The van der Waals surface area contributed by atoms with E-state index >= 15 is 0 Å². The van der Waals surface area contributed by atoms with Crippen molar-refractivity contribution < 1.29 is 24.0 Å². The molecule has 2 aliphatic heterocycles. The molecule has 2 amide bonds. The monoisotopic (exact) mass is 655 g/mol. The summed E-state index contributed by atoms with van der Waals surface area (Å²) < 4.78 is 3.50. The van der Waals surface area contributed by atoms with E-state index in [1.54, 1.807) is 24.1 Å². The number of piperazine rings is 1. The number of nitrogens with zero attached hydrogens (tertiary/aromatic N) is 5. The van der Waals surface area contributed by atoms with E-state index in [1.165, 1.54) is 6.07 Å². The minimum absolute atomic E-state index is 0.0588. The van der Waals surface area contributed by atoms with Gasteiger partial charge < -0.3 is 24.2 Å². The SMILES string of the molecule is CN1CCN(C(=O)N(C)c2ccc([N+](=O)[O-])c(N3CCCCC3)c2)CC1.O=C(OC(Cl)(Cl)Cl)OC(Cl)(Cl)Cl. The van der Waals surface area contributed by atoms with Crippen molar-refractivity contribution in [2.45, 2.75) is 27.2 Å². The fourth-order valence-electron chi connectivity index (χ4n) is 3.79. The van der Waals surface area contributed by atoms with Gasteiger partial charge in [0, 0.05) is 58.1 Å². The van der Waals surface area contributed by atoms with Crippen LogP contribution in [0, 0.1) is 10.1 Å². The van der Waals surface area contributed by atoms with Crippen molar-refractivity contribution in [3.05, 3.63) is 28.3 Å². The zero-order chi connectivity index (χ0) is 28.7. The molecule has 214 valence electrons. The highest BCUT2D eigenvalue weighted by Crippen LogP contribution is 2.34. The van der Waals surface area contributed by atoms with Gasteiger partial charge in [0.15, 0.2) is 0 Å². The number of carbonyl (C=O) groups excluding carboxylic acids is 2. The number of carbonyl (C=O) groups is 2. The van der Waals surface area contributed by atoms with Crippen LogP contribution in [0.2, 0.25) is 0 Å². The predicted molar refractivity (Wildman–Crippen MR) is 150 cm³/mol. The standard InChI is InChI=1S/C18H27N5O3.C3Cl6O3/c1-19-10-12-22(13-11-19)18(24)20(2)15-6-7-16(23(25)26)17(14-15)21-8-4-3-5-9-21;4-2(5,6)11-1(10)12-3(7,8)9/h6-7,14H,3-5,8-13H2,1-2H3;. The van der Waals surface area contributed by atoms with Gasteiger partial charge in [0.25, 0.3) is 5.69 Å². The fourth-order valence-corrected chi connectivity index (χ4v) is 4.17. The van der Waals surface area contributed by atoms with Crippen LogP contribution in [0.4, 0.5) is 26.7 Å². The number of hydrogen-bond donors (Lipinski definition) is 0. The number of piperidine rings is 1. The summed E-state index contributed by atoms with van der Waals surface area (Å²) in [6.45, 7) is 4.76. The minimum atomic E-state index is -2.24. The van der Waals surface area contributed by atoms with E-state index in [0.29, 0.717) is 24.5 Å². The molecule has 0 aliphatic carbocycles. The normalized spacial score (nSPS) is 16.7. The minimum Gasteiger partial charge on any atom is -0.382 e. The van der Waals surface area contributed by atoms with Crippen LogP contribution in [-0.2, 0) is 9.47 Å². The zero-order valence-electron chi connectivity index (χ0n) is 20.5. The van der Waals surface area contributed by atoms with Crippen molar-refractivity contribution in [2.75, 3.05) is 63.2 Å². The second-order valence-electron chi connectivity index (χ2n) is 8.46. The lowest BCUT2D eigenvalue weighted by molar-refractivity contribution is -0.384.